The maximum Gasteiger partial charge on any atom is 0.585 e. The summed E-state index contributed by atoms with van der Waals surface area (Å²) in [5.74, 6) is -11.1. The fourth-order valence-electron chi connectivity index (χ4n) is 0.983. The largest absolute Gasteiger partial charge is 0.585 e. The van der Waals surface area contributed by atoms with Crippen LogP contribution in [0.2, 0.25) is 0 Å². The third-order valence-electron chi connectivity index (χ3n) is 1.84. The van der Waals surface area contributed by atoms with Crippen molar-refractivity contribution in [2.45, 2.75) is 11.7 Å². The molecule has 1 rings (SSSR count). The lowest BCUT2D eigenvalue weighted by atomic mass is 9.68. The van der Waals surface area contributed by atoms with Gasteiger partial charge in [0.15, 0.2) is 29.5 Å². The number of allylic oxidation sites excluding steroid dienone is 4. The number of hydrogen-bond acceptors (Lipinski definition) is 0. The van der Waals surface area contributed by atoms with E-state index in [-0.39, 0.29) is 0 Å². The van der Waals surface area contributed by atoms with Crippen LogP contribution in [-0.2, 0) is 0 Å². The first-order valence-electron chi connectivity index (χ1n) is 3.47. The zero-order valence-electron chi connectivity index (χ0n) is 6.68. The summed E-state index contributed by atoms with van der Waals surface area (Å²) in [6, 6.07) is 0. The molecule has 0 aliphatic heterocycles. The molecule has 0 heterocycles. The van der Waals surface area contributed by atoms with Crippen LogP contribution in [0, 0.1) is 0 Å². The molecule has 0 saturated heterocycles. The van der Waals surface area contributed by atoms with Crippen molar-refractivity contribution in [2.75, 3.05) is 0 Å². The summed E-state index contributed by atoms with van der Waals surface area (Å²) in [7, 11) is -4.36. The van der Waals surface area contributed by atoms with E-state index >= 15 is 0 Å². The van der Waals surface area contributed by atoms with Gasteiger partial charge in [0.05, 0.1) is 0 Å². The van der Waals surface area contributed by atoms with Gasteiger partial charge in [-0.15, -0.1) is 0 Å². The average molecular weight is 236 g/mol. The van der Waals surface area contributed by atoms with Crippen molar-refractivity contribution >= 4 is 7.27 Å². The minimum Gasteiger partial charge on any atom is -0.282 e. The third kappa shape index (κ3) is 1.44. The molecule has 1 aliphatic rings. The van der Waals surface area contributed by atoms with Crippen molar-refractivity contribution < 1.29 is 35.0 Å². The monoisotopic (exact) mass is 236 g/mol. The van der Waals surface area contributed by atoms with Crippen molar-refractivity contribution in [3.63, 3.8) is 0 Å². The molecule has 0 aromatic rings. The maximum atomic E-state index is 12.9. The van der Waals surface area contributed by atoms with E-state index < -0.39 is 42.3 Å². The molecule has 2 unspecified atom stereocenters. The van der Waals surface area contributed by atoms with Crippen LogP contribution in [0.4, 0.5) is 35.0 Å². The second-order valence-electron chi connectivity index (χ2n) is 2.72. The van der Waals surface area contributed by atoms with Gasteiger partial charge in [-0.05, 0) is 0 Å². The Morgan fingerprint density at radius 3 is 1.87 bits per heavy atom. The highest BCUT2D eigenvalue weighted by molar-refractivity contribution is 6.48. The smallest absolute Gasteiger partial charge is 0.282 e. The molecule has 1 aliphatic carbocycles. The van der Waals surface area contributed by atoms with Crippen LogP contribution in [0.1, 0.15) is 0 Å². The molecule has 0 aromatic carbocycles. The molecule has 0 saturated carbocycles. The zero-order valence-corrected chi connectivity index (χ0v) is 6.68. The number of alkyl halides is 2. The van der Waals surface area contributed by atoms with Gasteiger partial charge in [-0.3, -0.25) is 8.63 Å². The first-order valence-corrected chi connectivity index (χ1v) is 3.47. The Kier molecular flexibility index (Phi) is 2.84. The van der Waals surface area contributed by atoms with Crippen molar-refractivity contribution in [3.8, 4) is 0 Å². The van der Waals surface area contributed by atoms with Gasteiger partial charge < -0.3 is 0 Å². The molecule has 0 spiro atoms. The zero-order chi connectivity index (χ0) is 12.0. The van der Waals surface area contributed by atoms with Gasteiger partial charge in [-0.1, -0.05) is 0 Å². The van der Waals surface area contributed by atoms with Gasteiger partial charge in [0.25, 0.3) is 0 Å². The minimum absolute atomic E-state index is 2.64. The van der Waals surface area contributed by atoms with Crippen molar-refractivity contribution in [1.82, 2.24) is 0 Å². The Balaban J connectivity index is 3.39. The van der Waals surface area contributed by atoms with Crippen molar-refractivity contribution in [1.29, 1.82) is 0 Å². The van der Waals surface area contributed by atoms with Crippen molar-refractivity contribution in [3.05, 3.63) is 23.3 Å². The second kappa shape index (κ2) is 3.53. The number of rotatable bonds is 1. The van der Waals surface area contributed by atoms with E-state index in [1.54, 1.807) is 0 Å². The fraction of sp³-hybridized carbons (Fsp3) is 0.333. The molecule has 2 atom stereocenters. The van der Waals surface area contributed by atoms with Gasteiger partial charge in [-0.2, -0.15) is 0 Å². The first kappa shape index (κ1) is 12.1. The molecule has 84 valence electrons. The molecule has 0 aromatic heterocycles. The van der Waals surface area contributed by atoms with E-state index in [1.807, 2.05) is 0 Å². The highest BCUT2D eigenvalue weighted by atomic mass is 19.3. The van der Waals surface area contributed by atoms with Crippen LogP contribution in [0.25, 0.3) is 0 Å². The summed E-state index contributed by atoms with van der Waals surface area (Å²) in [5.41, 5.74) is -4.82. The van der Waals surface area contributed by atoms with Gasteiger partial charge in [0.2, 0.25) is 5.57 Å². The molecular weight excluding hydrogens is 235 g/mol. The standard InChI is InChI=1S/C6HBF8/c8-1-2(9)4(11)6(13,7(14)15)5(12)3(1)10/h4H. The highest BCUT2D eigenvalue weighted by Crippen LogP contribution is 2.46. The Morgan fingerprint density at radius 2 is 1.47 bits per heavy atom. The van der Waals surface area contributed by atoms with Crippen LogP contribution in [-0.4, -0.2) is 19.0 Å². The van der Waals surface area contributed by atoms with E-state index in [4.69, 9.17) is 0 Å². The quantitative estimate of drug-likeness (QED) is 0.483. The molecule has 0 fully saturated rings. The van der Waals surface area contributed by atoms with Gasteiger partial charge in [-0.25, -0.2) is 26.3 Å². The van der Waals surface area contributed by atoms with Gasteiger partial charge in [0, 0.05) is 0 Å². The van der Waals surface area contributed by atoms with Gasteiger partial charge in [0.1, 0.15) is 0 Å². The summed E-state index contributed by atoms with van der Waals surface area (Å²) in [5, 5.41) is 0. The number of halogens is 8. The summed E-state index contributed by atoms with van der Waals surface area (Å²) in [6.07, 6.45) is -3.91. The lowest BCUT2D eigenvalue weighted by Gasteiger charge is -2.26. The van der Waals surface area contributed by atoms with Crippen LogP contribution >= 0.6 is 0 Å². The van der Waals surface area contributed by atoms with E-state index in [9.17, 15) is 35.0 Å². The minimum atomic E-state index is -4.82. The number of hydrogen-bond donors (Lipinski definition) is 0. The molecule has 0 bridgehead atoms. The Labute approximate surface area is 78.4 Å². The molecule has 0 amide bonds. The Bertz CT molecular complexity index is 347. The van der Waals surface area contributed by atoms with Crippen LogP contribution in [0.3, 0.4) is 0 Å². The van der Waals surface area contributed by atoms with Crippen LogP contribution in [0.5, 0.6) is 0 Å². The molecule has 15 heavy (non-hydrogen) atoms. The van der Waals surface area contributed by atoms with E-state index in [0.717, 1.165) is 0 Å². The topological polar surface area (TPSA) is 0 Å². The van der Waals surface area contributed by atoms with Crippen LogP contribution in [0.15, 0.2) is 23.3 Å². The van der Waals surface area contributed by atoms with Crippen molar-refractivity contribution in [2.24, 2.45) is 0 Å². The second-order valence-corrected chi connectivity index (χ2v) is 2.72. The fourth-order valence-corrected chi connectivity index (χ4v) is 0.983. The molecule has 0 nitrogen and oxygen atoms in total. The lowest BCUT2D eigenvalue weighted by molar-refractivity contribution is 0.105. The van der Waals surface area contributed by atoms with E-state index in [0.29, 0.717) is 0 Å². The van der Waals surface area contributed by atoms with Crippen LogP contribution < -0.4 is 0 Å². The predicted molar refractivity (Wildman–Crippen MR) is 35.2 cm³/mol. The summed E-state index contributed by atoms with van der Waals surface area (Å²) in [4.78, 5) is 0. The molecule has 0 N–H and O–H groups in total. The average Bonchev–Trinajstić information content (AvgIpc) is 2.20. The molecular formula is C6HBF8. The highest BCUT2D eigenvalue weighted by Gasteiger charge is 2.63. The lowest BCUT2D eigenvalue weighted by Crippen LogP contribution is -2.48. The summed E-state index contributed by atoms with van der Waals surface area (Å²) >= 11 is 0. The normalized spacial score (nSPS) is 32.4. The molecule has 0 radical (unpaired) electrons. The first-order chi connectivity index (χ1) is 6.74. The van der Waals surface area contributed by atoms with E-state index in [1.165, 1.54) is 0 Å². The SMILES string of the molecule is FB(F)C1(F)C(F)=C(F)C(F)=C(F)C1F. The molecule has 9 heteroatoms. The van der Waals surface area contributed by atoms with E-state index in [2.05, 4.69) is 0 Å². The summed E-state index contributed by atoms with van der Waals surface area (Å²) < 4.78 is 98.8. The Hall–Kier alpha value is -1.02. The van der Waals surface area contributed by atoms with Gasteiger partial charge >= 0.3 is 7.27 Å². The Morgan fingerprint density at radius 1 is 1.00 bits per heavy atom. The maximum absolute atomic E-state index is 12.9. The third-order valence-corrected chi connectivity index (χ3v) is 1.84. The predicted octanol–water partition coefficient (Wildman–Crippen LogP) is 3.31. The summed E-state index contributed by atoms with van der Waals surface area (Å²) in [6.45, 7) is 0.